The molecule has 4 aromatic rings. The summed E-state index contributed by atoms with van der Waals surface area (Å²) in [4.78, 5) is 22.1. The van der Waals surface area contributed by atoms with Gasteiger partial charge in [-0.1, -0.05) is 24.3 Å². The maximum atomic E-state index is 12.5. The van der Waals surface area contributed by atoms with E-state index in [4.69, 9.17) is 22.9 Å². The Morgan fingerprint density at radius 3 is 1.30 bits per heavy atom. The molecule has 2 unspecified atom stereocenters. The Balaban J connectivity index is 1.87. The zero-order valence-corrected chi connectivity index (χ0v) is 25.5. The van der Waals surface area contributed by atoms with E-state index in [0.29, 0.717) is 0 Å². The third-order valence-corrected chi connectivity index (χ3v) is 7.67. The van der Waals surface area contributed by atoms with Crippen molar-refractivity contribution in [2.75, 3.05) is 22.1 Å². The fourth-order valence-corrected chi connectivity index (χ4v) is 5.49. The van der Waals surface area contributed by atoms with Crippen molar-refractivity contribution in [2.45, 2.75) is 36.1 Å². The Kier molecular flexibility index (Phi) is 9.23. The summed E-state index contributed by atoms with van der Waals surface area (Å²) in [6, 6.07) is 6.83. The van der Waals surface area contributed by atoms with E-state index in [1.165, 1.54) is 26.0 Å². The first kappa shape index (κ1) is 33.6. The highest BCUT2D eigenvalue weighted by Gasteiger charge is 2.25. The monoisotopic (exact) mass is 676 g/mol. The molecule has 20 nitrogen and oxygen atoms in total. The van der Waals surface area contributed by atoms with Gasteiger partial charge in [0.15, 0.2) is 11.6 Å². The lowest BCUT2D eigenvalue weighted by molar-refractivity contribution is 0.223. The van der Waals surface area contributed by atoms with Gasteiger partial charge in [0.1, 0.15) is 22.2 Å². The number of nitrogen functional groups attached to an aromatic ring is 2. The Labute approximate surface area is 261 Å². The molecule has 2 aromatic heterocycles. The smallest absolute Gasteiger partial charge is 0.295 e. The van der Waals surface area contributed by atoms with Gasteiger partial charge in [0.2, 0.25) is 23.8 Å². The highest BCUT2D eigenvalue weighted by Crippen LogP contribution is 2.33. The SMILES string of the molecule is CC(O)Nc1nc(N)nc(-c2ccc(C(N)=C(N)c3ccc(-c4nc(N)nc(NC(C)O)n4)cc3S(=O)(=O)O)c(S(=O)(=O)O)c2)n1. The van der Waals surface area contributed by atoms with Gasteiger partial charge in [0.25, 0.3) is 20.2 Å². The molecule has 0 radical (unpaired) electrons. The Morgan fingerprint density at radius 1 is 0.652 bits per heavy atom. The van der Waals surface area contributed by atoms with Crippen LogP contribution in [0, 0.1) is 0 Å². The van der Waals surface area contributed by atoms with Crippen molar-refractivity contribution < 1.29 is 36.2 Å². The van der Waals surface area contributed by atoms with Crippen LogP contribution in [-0.2, 0) is 20.2 Å². The van der Waals surface area contributed by atoms with Crippen LogP contribution in [-0.4, -0.2) is 78.5 Å². The van der Waals surface area contributed by atoms with Crippen LogP contribution < -0.4 is 33.6 Å². The lowest BCUT2D eigenvalue weighted by Crippen LogP contribution is -2.17. The molecule has 0 spiro atoms. The number of aliphatic hydroxyl groups is 2. The van der Waals surface area contributed by atoms with Gasteiger partial charge >= 0.3 is 0 Å². The number of benzene rings is 2. The minimum absolute atomic E-state index is 0.0227. The summed E-state index contributed by atoms with van der Waals surface area (Å²) in [5.74, 6) is -1.09. The Hall–Kier alpha value is -5.26. The standard InChI is InChI=1S/C24H28N12O8S2/c1-9(37)29-23-33-19(31-21(27)35-23)11-3-5-13(15(7-11)45(39,40)41)17(25)18(26)14-6-4-12(8-16(14)46(42,43)44)20-32-22(28)36-24(34-20)30-10(2)38/h3-10,37-38H,25-26H2,1-2H3,(H,39,40,41)(H,42,43,44)(H3,27,29,31,33,35)(H3,28,30,32,34,36). The normalized spacial score (nSPS) is 13.9. The molecule has 0 aliphatic carbocycles. The molecular weight excluding hydrogens is 648 g/mol. The third kappa shape index (κ3) is 7.68. The Bertz CT molecular complexity index is 1930. The van der Waals surface area contributed by atoms with Crippen LogP contribution in [0.1, 0.15) is 25.0 Å². The van der Waals surface area contributed by atoms with E-state index in [-0.39, 0.29) is 57.7 Å². The van der Waals surface area contributed by atoms with Crippen LogP contribution in [0.3, 0.4) is 0 Å². The molecule has 14 N–H and O–H groups in total. The van der Waals surface area contributed by atoms with Gasteiger partial charge < -0.3 is 43.8 Å². The molecule has 0 amide bonds. The number of hydrogen-bond donors (Lipinski definition) is 10. The molecule has 4 rings (SSSR count). The molecule has 244 valence electrons. The summed E-state index contributed by atoms with van der Waals surface area (Å²) in [6.07, 6.45) is -2.14. The predicted molar refractivity (Wildman–Crippen MR) is 165 cm³/mol. The van der Waals surface area contributed by atoms with E-state index < -0.39 is 53.9 Å². The molecule has 0 fully saturated rings. The number of rotatable bonds is 10. The van der Waals surface area contributed by atoms with E-state index in [2.05, 4.69) is 40.5 Å². The lowest BCUT2D eigenvalue weighted by atomic mass is 10.0. The lowest BCUT2D eigenvalue weighted by Gasteiger charge is -2.15. The summed E-state index contributed by atoms with van der Waals surface area (Å²) in [6.45, 7) is 2.78. The van der Waals surface area contributed by atoms with Crippen LogP contribution >= 0.6 is 0 Å². The average molecular weight is 677 g/mol. The number of nitrogens with one attached hydrogen (secondary N) is 2. The van der Waals surface area contributed by atoms with Gasteiger partial charge in [-0.15, -0.1) is 0 Å². The second-order valence-electron chi connectivity index (χ2n) is 9.52. The molecule has 0 saturated carbocycles. The van der Waals surface area contributed by atoms with E-state index in [9.17, 15) is 36.2 Å². The van der Waals surface area contributed by atoms with Crippen molar-refractivity contribution >= 4 is 55.4 Å². The second-order valence-corrected chi connectivity index (χ2v) is 12.3. The average Bonchev–Trinajstić information content (AvgIpc) is 2.93. The van der Waals surface area contributed by atoms with E-state index in [1.54, 1.807) is 0 Å². The fourth-order valence-electron chi connectivity index (χ4n) is 4.03. The minimum atomic E-state index is -5.02. The summed E-state index contributed by atoms with van der Waals surface area (Å²) < 4.78 is 69.9. The number of nitrogens with zero attached hydrogens (tertiary/aromatic N) is 6. The molecule has 46 heavy (non-hydrogen) atoms. The minimum Gasteiger partial charge on any atom is -0.397 e. The van der Waals surface area contributed by atoms with Crippen LogP contribution in [0.5, 0.6) is 0 Å². The third-order valence-electron chi connectivity index (χ3n) is 5.89. The molecule has 0 aliphatic rings. The van der Waals surface area contributed by atoms with Crippen LogP contribution in [0.25, 0.3) is 34.2 Å². The van der Waals surface area contributed by atoms with Gasteiger partial charge in [0, 0.05) is 22.3 Å². The molecule has 0 aliphatic heterocycles. The number of hydrogen-bond acceptors (Lipinski definition) is 18. The zero-order chi connectivity index (χ0) is 34.1. The van der Waals surface area contributed by atoms with E-state index in [1.807, 2.05) is 0 Å². The number of aliphatic hydroxyl groups excluding tert-OH is 2. The number of anilines is 4. The van der Waals surface area contributed by atoms with Gasteiger partial charge in [0.05, 0.1) is 11.4 Å². The summed E-state index contributed by atoms with van der Waals surface area (Å²) >= 11 is 0. The molecule has 22 heteroatoms. The van der Waals surface area contributed by atoms with Gasteiger partial charge in [-0.2, -0.15) is 46.7 Å². The maximum absolute atomic E-state index is 12.5. The van der Waals surface area contributed by atoms with Crippen molar-refractivity contribution in [3.8, 4) is 22.8 Å². The number of nitrogens with two attached hydrogens (primary N) is 4. The topological polar surface area (TPSA) is 355 Å². The van der Waals surface area contributed by atoms with Gasteiger partial charge in [-0.05, 0) is 26.0 Å². The molecule has 2 aromatic carbocycles. The van der Waals surface area contributed by atoms with Crippen molar-refractivity contribution in [2.24, 2.45) is 11.5 Å². The number of aromatic nitrogens is 6. The molecular formula is C24H28N12O8S2. The van der Waals surface area contributed by atoms with Crippen molar-refractivity contribution in [1.29, 1.82) is 0 Å². The van der Waals surface area contributed by atoms with Crippen molar-refractivity contribution in [3.63, 3.8) is 0 Å². The van der Waals surface area contributed by atoms with E-state index >= 15 is 0 Å². The fraction of sp³-hybridized carbons (Fsp3) is 0.167. The van der Waals surface area contributed by atoms with E-state index in [0.717, 1.165) is 24.3 Å². The van der Waals surface area contributed by atoms with Crippen LogP contribution in [0.4, 0.5) is 23.8 Å². The summed E-state index contributed by atoms with van der Waals surface area (Å²) in [7, 11) is -10.0. The maximum Gasteiger partial charge on any atom is 0.295 e. The first-order valence-corrected chi connectivity index (χ1v) is 15.6. The molecule has 0 saturated heterocycles. The molecule has 2 atom stereocenters. The van der Waals surface area contributed by atoms with Crippen molar-refractivity contribution in [3.05, 3.63) is 47.5 Å². The summed E-state index contributed by atoms with van der Waals surface area (Å²) in [5, 5.41) is 24.2. The first-order valence-electron chi connectivity index (χ1n) is 12.8. The zero-order valence-electron chi connectivity index (χ0n) is 23.8. The second kappa shape index (κ2) is 12.6. The molecule has 0 bridgehead atoms. The van der Waals surface area contributed by atoms with Gasteiger partial charge in [-0.25, -0.2) is 0 Å². The van der Waals surface area contributed by atoms with Crippen LogP contribution in [0.2, 0.25) is 0 Å². The highest BCUT2D eigenvalue weighted by molar-refractivity contribution is 7.86. The predicted octanol–water partition coefficient (Wildman–Crippen LogP) is -0.708. The first-order chi connectivity index (χ1) is 21.3. The largest absolute Gasteiger partial charge is 0.397 e. The van der Waals surface area contributed by atoms with Gasteiger partial charge in [-0.3, -0.25) is 9.11 Å². The summed E-state index contributed by atoms with van der Waals surface area (Å²) in [5.41, 5.74) is 22.2. The van der Waals surface area contributed by atoms with Crippen LogP contribution in [0.15, 0.2) is 46.2 Å². The van der Waals surface area contributed by atoms with Crippen molar-refractivity contribution in [1.82, 2.24) is 29.9 Å². The molecule has 2 heterocycles. The quantitative estimate of drug-likeness (QED) is 0.0563. The Morgan fingerprint density at radius 2 is 1.00 bits per heavy atom. The highest BCUT2D eigenvalue weighted by atomic mass is 32.2.